The molecule has 19 heavy (non-hydrogen) atoms. The van der Waals surface area contributed by atoms with Crippen LogP contribution in [0.5, 0.6) is 0 Å². The number of carbonyl (C=O) groups is 2. The number of hydrogen-bond donors (Lipinski definition) is 3. The summed E-state index contributed by atoms with van der Waals surface area (Å²) in [6.07, 6.45) is 0. The summed E-state index contributed by atoms with van der Waals surface area (Å²) in [6.45, 7) is -0.518. The molecule has 104 valence electrons. The van der Waals surface area contributed by atoms with Crippen molar-refractivity contribution in [3.8, 4) is 0 Å². The van der Waals surface area contributed by atoms with E-state index in [0.29, 0.717) is 0 Å². The minimum atomic E-state index is -3.97. The van der Waals surface area contributed by atoms with Gasteiger partial charge < -0.3 is 16.2 Å². The number of primary amides is 1. The molecule has 0 atom stereocenters. The van der Waals surface area contributed by atoms with Crippen molar-refractivity contribution in [2.45, 2.75) is 4.90 Å². The number of nitrogens with one attached hydrogen (secondary N) is 1. The Morgan fingerprint density at radius 3 is 2.47 bits per heavy atom. The zero-order valence-electron chi connectivity index (χ0n) is 10.0. The fourth-order valence-electron chi connectivity index (χ4n) is 1.25. The van der Waals surface area contributed by atoms with Gasteiger partial charge in [-0.3, -0.25) is 9.59 Å². The number of sulfonamides is 1. The van der Waals surface area contributed by atoms with Crippen LogP contribution < -0.4 is 16.2 Å². The number of benzene rings is 1. The molecule has 0 spiro atoms. The SMILES string of the molecule is COC(=O)CNS(=O)(=O)c1ccc(C(N)=O)cc1N. The largest absolute Gasteiger partial charge is 0.468 e. The second-order valence-electron chi connectivity index (χ2n) is 3.52. The van der Waals surface area contributed by atoms with Gasteiger partial charge in [-0.15, -0.1) is 0 Å². The van der Waals surface area contributed by atoms with Crippen LogP contribution in [-0.2, 0) is 19.6 Å². The molecule has 1 amide bonds. The van der Waals surface area contributed by atoms with Gasteiger partial charge in [-0.1, -0.05) is 0 Å². The van der Waals surface area contributed by atoms with E-state index in [-0.39, 0.29) is 16.1 Å². The average Bonchev–Trinajstić information content (AvgIpc) is 2.35. The Labute approximate surface area is 109 Å². The predicted molar refractivity (Wildman–Crippen MR) is 66.6 cm³/mol. The van der Waals surface area contributed by atoms with E-state index in [0.717, 1.165) is 19.2 Å². The van der Waals surface area contributed by atoms with Crippen molar-refractivity contribution in [3.05, 3.63) is 23.8 Å². The molecule has 8 nitrogen and oxygen atoms in total. The van der Waals surface area contributed by atoms with Crippen molar-refractivity contribution in [2.75, 3.05) is 19.4 Å². The number of ether oxygens (including phenoxy) is 1. The zero-order valence-corrected chi connectivity index (χ0v) is 10.9. The molecule has 1 aromatic carbocycles. The number of amides is 1. The highest BCUT2D eigenvalue weighted by atomic mass is 32.2. The molecule has 0 radical (unpaired) electrons. The lowest BCUT2D eigenvalue weighted by molar-refractivity contribution is -0.139. The summed E-state index contributed by atoms with van der Waals surface area (Å²) < 4.78 is 30.0. The van der Waals surface area contributed by atoms with Crippen LogP contribution in [0.15, 0.2) is 23.1 Å². The maximum atomic E-state index is 11.8. The standard InChI is InChI=1S/C10H13N3O5S/c1-18-9(14)5-13-19(16,17)8-3-2-6(10(12)15)4-7(8)11/h2-4,13H,5,11H2,1H3,(H2,12,15). The maximum absolute atomic E-state index is 11.8. The average molecular weight is 287 g/mol. The lowest BCUT2D eigenvalue weighted by Crippen LogP contribution is -2.30. The number of nitrogens with two attached hydrogens (primary N) is 2. The third kappa shape index (κ3) is 3.66. The Hall–Kier alpha value is -2.13. The molecule has 0 saturated carbocycles. The first-order chi connectivity index (χ1) is 8.77. The molecule has 0 saturated heterocycles. The van der Waals surface area contributed by atoms with Crippen molar-refractivity contribution in [3.63, 3.8) is 0 Å². The Morgan fingerprint density at radius 2 is 2.00 bits per heavy atom. The van der Waals surface area contributed by atoms with Gasteiger partial charge in [0, 0.05) is 5.56 Å². The Kier molecular flexibility index (Phi) is 4.46. The van der Waals surface area contributed by atoms with Crippen LogP contribution in [0.3, 0.4) is 0 Å². The number of esters is 1. The van der Waals surface area contributed by atoms with Crippen LogP contribution in [0.1, 0.15) is 10.4 Å². The van der Waals surface area contributed by atoms with E-state index in [2.05, 4.69) is 4.74 Å². The Morgan fingerprint density at radius 1 is 1.37 bits per heavy atom. The predicted octanol–water partition coefficient (Wildman–Crippen LogP) is -1.18. The number of nitrogen functional groups attached to an aromatic ring is 1. The van der Waals surface area contributed by atoms with Gasteiger partial charge in [0.15, 0.2) is 0 Å². The Balaban J connectivity index is 3.02. The number of rotatable bonds is 5. The van der Waals surface area contributed by atoms with Gasteiger partial charge in [0.05, 0.1) is 12.8 Å². The third-order valence-electron chi connectivity index (χ3n) is 2.22. The van der Waals surface area contributed by atoms with Crippen molar-refractivity contribution < 1.29 is 22.7 Å². The normalized spacial score (nSPS) is 11.0. The van der Waals surface area contributed by atoms with Gasteiger partial charge in [0.2, 0.25) is 15.9 Å². The number of anilines is 1. The van der Waals surface area contributed by atoms with E-state index >= 15 is 0 Å². The summed E-state index contributed by atoms with van der Waals surface area (Å²) in [6, 6.07) is 3.51. The molecule has 9 heteroatoms. The molecule has 0 aliphatic carbocycles. The lowest BCUT2D eigenvalue weighted by Gasteiger charge is -2.09. The highest BCUT2D eigenvalue weighted by Crippen LogP contribution is 2.19. The van der Waals surface area contributed by atoms with Crippen LogP contribution in [-0.4, -0.2) is 33.9 Å². The van der Waals surface area contributed by atoms with E-state index in [9.17, 15) is 18.0 Å². The first-order valence-corrected chi connectivity index (χ1v) is 6.52. The first-order valence-electron chi connectivity index (χ1n) is 5.03. The topological polar surface area (TPSA) is 142 Å². The van der Waals surface area contributed by atoms with Crippen LogP contribution >= 0.6 is 0 Å². The van der Waals surface area contributed by atoms with Gasteiger partial charge >= 0.3 is 5.97 Å². The summed E-state index contributed by atoms with van der Waals surface area (Å²) in [7, 11) is -2.83. The molecule has 0 heterocycles. The quantitative estimate of drug-likeness (QED) is 0.459. The minimum Gasteiger partial charge on any atom is -0.468 e. The number of hydrogen-bond acceptors (Lipinski definition) is 6. The van der Waals surface area contributed by atoms with Crippen LogP contribution in [0.2, 0.25) is 0 Å². The van der Waals surface area contributed by atoms with Crippen molar-refractivity contribution >= 4 is 27.6 Å². The third-order valence-corrected chi connectivity index (χ3v) is 3.69. The second kappa shape index (κ2) is 5.67. The molecule has 0 unspecified atom stereocenters. The second-order valence-corrected chi connectivity index (χ2v) is 5.25. The van der Waals surface area contributed by atoms with Crippen LogP contribution in [0.25, 0.3) is 0 Å². The molecular weight excluding hydrogens is 274 g/mol. The van der Waals surface area contributed by atoms with E-state index in [4.69, 9.17) is 11.5 Å². The zero-order chi connectivity index (χ0) is 14.6. The summed E-state index contributed by atoms with van der Waals surface area (Å²) in [5, 5.41) is 0. The number of carbonyl (C=O) groups excluding carboxylic acids is 2. The van der Waals surface area contributed by atoms with Gasteiger partial charge in [-0.05, 0) is 18.2 Å². The van der Waals surface area contributed by atoms with Gasteiger partial charge in [0.1, 0.15) is 11.4 Å². The van der Waals surface area contributed by atoms with Gasteiger partial charge in [-0.2, -0.15) is 4.72 Å². The van der Waals surface area contributed by atoms with E-state index in [1.54, 1.807) is 0 Å². The minimum absolute atomic E-state index is 0.0874. The number of methoxy groups -OCH3 is 1. The summed E-state index contributed by atoms with van der Waals surface area (Å²) >= 11 is 0. The van der Waals surface area contributed by atoms with Crippen LogP contribution in [0.4, 0.5) is 5.69 Å². The van der Waals surface area contributed by atoms with Gasteiger partial charge in [0.25, 0.3) is 0 Å². The molecule has 5 N–H and O–H groups in total. The highest BCUT2D eigenvalue weighted by Gasteiger charge is 2.19. The van der Waals surface area contributed by atoms with Crippen molar-refractivity contribution in [1.29, 1.82) is 0 Å². The van der Waals surface area contributed by atoms with Crippen molar-refractivity contribution in [2.24, 2.45) is 5.73 Å². The maximum Gasteiger partial charge on any atom is 0.320 e. The van der Waals surface area contributed by atoms with E-state index < -0.39 is 28.4 Å². The molecule has 1 rings (SSSR count). The van der Waals surface area contributed by atoms with E-state index in [1.165, 1.54) is 6.07 Å². The molecular formula is C10H13N3O5S. The smallest absolute Gasteiger partial charge is 0.320 e. The lowest BCUT2D eigenvalue weighted by atomic mass is 10.2. The fourth-order valence-corrected chi connectivity index (χ4v) is 2.33. The summed E-state index contributed by atoms with van der Waals surface area (Å²) in [5.74, 6) is -1.46. The summed E-state index contributed by atoms with van der Waals surface area (Å²) in [4.78, 5) is 21.5. The highest BCUT2D eigenvalue weighted by molar-refractivity contribution is 7.89. The monoisotopic (exact) mass is 287 g/mol. The van der Waals surface area contributed by atoms with Crippen LogP contribution in [0, 0.1) is 0 Å². The molecule has 0 aromatic heterocycles. The molecule has 0 aliphatic rings. The molecule has 0 bridgehead atoms. The molecule has 1 aromatic rings. The van der Waals surface area contributed by atoms with E-state index in [1.807, 2.05) is 4.72 Å². The molecule has 0 aliphatic heterocycles. The van der Waals surface area contributed by atoms with Gasteiger partial charge in [-0.25, -0.2) is 8.42 Å². The summed E-state index contributed by atoms with van der Waals surface area (Å²) in [5.41, 5.74) is 10.5. The Bertz CT molecular complexity index is 612. The van der Waals surface area contributed by atoms with Crippen molar-refractivity contribution in [1.82, 2.24) is 4.72 Å². The first kappa shape index (κ1) is 14.9. The fraction of sp³-hybridized carbons (Fsp3) is 0.200. The molecule has 0 fully saturated rings.